The first kappa shape index (κ1) is 18.2. The van der Waals surface area contributed by atoms with Crippen molar-refractivity contribution in [3.05, 3.63) is 53.6 Å². The molecule has 0 bridgehead atoms. The predicted octanol–water partition coefficient (Wildman–Crippen LogP) is 1.86. The molecule has 1 heterocycles. The molecule has 1 aliphatic rings. The molecule has 0 aliphatic carbocycles. The second kappa shape index (κ2) is 7.35. The Hall–Kier alpha value is -2.58. The average molecular weight is 376 g/mol. The fraction of sp³-hybridized carbons (Fsp3) is 0.278. The van der Waals surface area contributed by atoms with Gasteiger partial charge in [-0.1, -0.05) is 12.1 Å². The smallest absolute Gasteiger partial charge is 0.251 e. The third kappa shape index (κ3) is 3.81. The molecular formula is C18H20N2O5S. The molecule has 8 heteroatoms. The minimum Gasteiger partial charge on any atom is -0.486 e. The van der Waals surface area contributed by atoms with Gasteiger partial charge in [0.1, 0.15) is 13.2 Å². The van der Waals surface area contributed by atoms with Crippen LogP contribution in [-0.4, -0.2) is 34.6 Å². The van der Waals surface area contributed by atoms with Gasteiger partial charge in [0.05, 0.1) is 10.9 Å². The maximum Gasteiger partial charge on any atom is 0.251 e. The van der Waals surface area contributed by atoms with E-state index in [2.05, 4.69) is 10.0 Å². The molecular weight excluding hydrogens is 356 g/mol. The summed E-state index contributed by atoms with van der Waals surface area (Å²) in [5.74, 6) is 0.973. The Morgan fingerprint density at radius 2 is 1.81 bits per heavy atom. The van der Waals surface area contributed by atoms with E-state index in [1.54, 1.807) is 6.07 Å². The van der Waals surface area contributed by atoms with E-state index in [4.69, 9.17) is 9.47 Å². The highest BCUT2D eigenvalue weighted by molar-refractivity contribution is 7.89. The van der Waals surface area contributed by atoms with Crippen LogP contribution in [0.1, 0.15) is 28.9 Å². The third-order valence-electron chi connectivity index (χ3n) is 4.09. The Morgan fingerprint density at radius 3 is 2.54 bits per heavy atom. The standard InChI is InChI=1S/C18H20N2O5S/c1-12(13-6-7-16-17(11-13)25-9-8-24-16)20-18(21)14-4-3-5-15(10-14)26(22,23)19-2/h3-7,10-12,19H,8-9H2,1-2H3,(H,20,21)/t12-/m0/s1. The van der Waals surface area contributed by atoms with Crippen molar-refractivity contribution in [3.63, 3.8) is 0 Å². The molecule has 2 aromatic rings. The van der Waals surface area contributed by atoms with E-state index >= 15 is 0 Å². The number of sulfonamides is 1. The van der Waals surface area contributed by atoms with Crippen LogP contribution in [0.15, 0.2) is 47.4 Å². The Morgan fingerprint density at radius 1 is 1.08 bits per heavy atom. The molecule has 0 saturated heterocycles. The summed E-state index contributed by atoms with van der Waals surface area (Å²) < 4.78 is 37.1. The summed E-state index contributed by atoms with van der Waals surface area (Å²) in [6, 6.07) is 11.1. The molecule has 138 valence electrons. The number of carbonyl (C=O) groups is 1. The molecule has 7 nitrogen and oxygen atoms in total. The summed E-state index contributed by atoms with van der Waals surface area (Å²) in [6.45, 7) is 2.85. The molecule has 0 spiro atoms. The number of hydrogen-bond acceptors (Lipinski definition) is 5. The molecule has 0 aromatic heterocycles. The summed E-state index contributed by atoms with van der Waals surface area (Å²) in [5.41, 5.74) is 1.13. The lowest BCUT2D eigenvalue weighted by molar-refractivity contribution is 0.0939. The molecule has 0 radical (unpaired) electrons. The Kier molecular flexibility index (Phi) is 5.15. The Balaban J connectivity index is 1.76. The number of fused-ring (bicyclic) bond motifs is 1. The topological polar surface area (TPSA) is 93.7 Å². The summed E-state index contributed by atoms with van der Waals surface area (Å²) in [5, 5.41) is 2.87. The van der Waals surface area contributed by atoms with Gasteiger partial charge in [-0.05, 0) is 49.9 Å². The van der Waals surface area contributed by atoms with Crippen LogP contribution in [0.25, 0.3) is 0 Å². The number of amides is 1. The lowest BCUT2D eigenvalue weighted by Crippen LogP contribution is -2.27. The van der Waals surface area contributed by atoms with Gasteiger partial charge in [-0.3, -0.25) is 4.79 Å². The van der Waals surface area contributed by atoms with Crippen molar-refractivity contribution in [1.82, 2.24) is 10.0 Å². The highest BCUT2D eigenvalue weighted by Crippen LogP contribution is 2.32. The van der Waals surface area contributed by atoms with E-state index in [-0.39, 0.29) is 22.4 Å². The zero-order valence-corrected chi connectivity index (χ0v) is 15.3. The molecule has 1 amide bonds. The van der Waals surface area contributed by atoms with E-state index < -0.39 is 10.0 Å². The lowest BCUT2D eigenvalue weighted by atomic mass is 10.1. The lowest BCUT2D eigenvalue weighted by Gasteiger charge is -2.21. The van der Waals surface area contributed by atoms with Crippen molar-refractivity contribution in [2.24, 2.45) is 0 Å². The van der Waals surface area contributed by atoms with Crippen molar-refractivity contribution in [2.75, 3.05) is 20.3 Å². The van der Waals surface area contributed by atoms with Crippen LogP contribution in [0.2, 0.25) is 0 Å². The van der Waals surface area contributed by atoms with Gasteiger partial charge in [0.15, 0.2) is 11.5 Å². The van der Waals surface area contributed by atoms with Crippen LogP contribution in [0.5, 0.6) is 11.5 Å². The van der Waals surface area contributed by atoms with Gasteiger partial charge >= 0.3 is 0 Å². The van der Waals surface area contributed by atoms with E-state index in [1.165, 1.54) is 25.2 Å². The number of rotatable bonds is 5. The van der Waals surface area contributed by atoms with Crippen molar-refractivity contribution in [1.29, 1.82) is 0 Å². The van der Waals surface area contributed by atoms with Gasteiger partial charge in [0.2, 0.25) is 10.0 Å². The van der Waals surface area contributed by atoms with Crippen LogP contribution < -0.4 is 19.5 Å². The van der Waals surface area contributed by atoms with E-state index in [9.17, 15) is 13.2 Å². The van der Waals surface area contributed by atoms with Gasteiger partial charge in [0.25, 0.3) is 5.91 Å². The van der Waals surface area contributed by atoms with Crippen LogP contribution >= 0.6 is 0 Å². The number of nitrogens with one attached hydrogen (secondary N) is 2. The minimum atomic E-state index is -3.61. The van der Waals surface area contributed by atoms with Crippen molar-refractivity contribution >= 4 is 15.9 Å². The molecule has 2 aromatic carbocycles. The molecule has 0 fully saturated rings. The zero-order chi connectivity index (χ0) is 18.7. The van der Waals surface area contributed by atoms with Crippen LogP contribution in [0.4, 0.5) is 0 Å². The van der Waals surface area contributed by atoms with Crippen LogP contribution in [-0.2, 0) is 10.0 Å². The second-order valence-electron chi connectivity index (χ2n) is 5.83. The molecule has 26 heavy (non-hydrogen) atoms. The molecule has 2 N–H and O–H groups in total. The quantitative estimate of drug-likeness (QED) is 0.831. The van der Waals surface area contributed by atoms with E-state index in [1.807, 2.05) is 25.1 Å². The van der Waals surface area contributed by atoms with Gasteiger partial charge in [0, 0.05) is 5.56 Å². The Bertz CT molecular complexity index is 927. The molecule has 1 aliphatic heterocycles. The molecule has 1 atom stereocenters. The van der Waals surface area contributed by atoms with E-state index in [0.717, 1.165) is 5.56 Å². The van der Waals surface area contributed by atoms with Gasteiger partial charge in [-0.2, -0.15) is 0 Å². The molecule has 0 unspecified atom stereocenters. The summed E-state index contributed by atoms with van der Waals surface area (Å²) in [6.07, 6.45) is 0. The first-order chi connectivity index (χ1) is 12.4. The predicted molar refractivity (Wildman–Crippen MR) is 96.0 cm³/mol. The third-order valence-corrected chi connectivity index (χ3v) is 5.50. The maximum atomic E-state index is 12.5. The molecule has 0 saturated carbocycles. The maximum absolute atomic E-state index is 12.5. The first-order valence-corrected chi connectivity index (χ1v) is 9.63. The summed E-state index contributed by atoms with van der Waals surface area (Å²) in [7, 11) is -2.28. The fourth-order valence-corrected chi connectivity index (χ4v) is 3.39. The second-order valence-corrected chi connectivity index (χ2v) is 7.72. The number of benzene rings is 2. The summed E-state index contributed by atoms with van der Waals surface area (Å²) in [4.78, 5) is 12.5. The van der Waals surface area contributed by atoms with Gasteiger partial charge < -0.3 is 14.8 Å². The largest absolute Gasteiger partial charge is 0.486 e. The van der Waals surface area contributed by atoms with Gasteiger partial charge in [-0.15, -0.1) is 0 Å². The van der Waals surface area contributed by atoms with Crippen molar-refractivity contribution < 1.29 is 22.7 Å². The van der Waals surface area contributed by atoms with Crippen molar-refractivity contribution in [3.8, 4) is 11.5 Å². The minimum absolute atomic E-state index is 0.0413. The average Bonchev–Trinajstić information content (AvgIpc) is 2.67. The number of ether oxygens (including phenoxy) is 2. The zero-order valence-electron chi connectivity index (χ0n) is 14.5. The Labute approximate surface area is 152 Å². The first-order valence-electron chi connectivity index (χ1n) is 8.15. The monoisotopic (exact) mass is 376 g/mol. The van der Waals surface area contributed by atoms with Crippen LogP contribution in [0, 0.1) is 0 Å². The highest BCUT2D eigenvalue weighted by Gasteiger charge is 2.18. The number of carbonyl (C=O) groups excluding carboxylic acids is 1. The molecule has 3 rings (SSSR count). The van der Waals surface area contributed by atoms with E-state index in [0.29, 0.717) is 24.7 Å². The number of hydrogen-bond donors (Lipinski definition) is 2. The summed E-state index contributed by atoms with van der Waals surface area (Å²) >= 11 is 0. The SMILES string of the molecule is CNS(=O)(=O)c1cccc(C(=O)N[C@@H](C)c2ccc3c(c2)OCCO3)c1. The van der Waals surface area contributed by atoms with Gasteiger partial charge in [-0.25, -0.2) is 13.1 Å². The van der Waals surface area contributed by atoms with Crippen molar-refractivity contribution in [2.45, 2.75) is 17.9 Å². The normalized spacial score (nSPS) is 14.5. The van der Waals surface area contributed by atoms with Crippen LogP contribution in [0.3, 0.4) is 0 Å². The highest BCUT2D eigenvalue weighted by atomic mass is 32.2. The fourth-order valence-electron chi connectivity index (χ4n) is 2.61.